The fraction of sp³-hybridized carbons (Fsp3) is 0.435. The van der Waals surface area contributed by atoms with Crippen molar-refractivity contribution in [3.63, 3.8) is 0 Å². The van der Waals surface area contributed by atoms with E-state index in [-0.39, 0.29) is 0 Å². The molecular formula is C46H44. The van der Waals surface area contributed by atoms with Crippen molar-refractivity contribution in [2.45, 2.75) is 87.9 Å². The van der Waals surface area contributed by atoms with E-state index in [0.717, 1.165) is 35.5 Å². The van der Waals surface area contributed by atoms with Gasteiger partial charge in [0.05, 0.1) is 0 Å². The largest absolute Gasteiger partial charge is 0.0616 e. The summed E-state index contributed by atoms with van der Waals surface area (Å²) in [5.74, 6) is 5.77. The van der Waals surface area contributed by atoms with E-state index in [2.05, 4.69) is 84.9 Å². The predicted octanol–water partition coefficient (Wildman–Crippen LogP) is 12.4. The Balaban J connectivity index is 1.19. The van der Waals surface area contributed by atoms with E-state index in [1.165, 1.54) is 131 Å². The Morgan fingerprint density at radius 3 is 0.978 bits per heavy atom. The van der Waals surface area contributed by atoms with Crippen LogP contribution in [0.4, 0.5) is 0 Å². The van der Waals surface area contributed by atoms with Gasteiger partial charge in [0.15, 0.2) is 0 Å². The Labute approximate surface area is 272 Å². The Morgan fingerprint density at radius 2 is 0.630 bits per heavy atom. The minimum Gasteiger partial charge on any atom is -0.0616 e. The normalized spacial score (nSPS) is 35.8. The Kier molecular flexibility index (Phi) is 4.88. The SMILES string of the molecule is c1ccc2c(c1)c1ccccc1c1c3cc(C45CC6CC(CC(C6)C4)C5)ccc3c3ccc(C45CC6CC(CC(C6)C4)C5)cc3c21. The summed E-state index contributed by atoms with van der Waals surface area (Å²) in [6.45, 7) is 0. The number of fused-ring (bicyclic) bond motifs is 11. The van der Waals surface area contributed by atoms with Crippen molar-refractivity contribution in [2.24, 2.45) is 35.5 Å². The van der Waals surface area contributed by atoms with E-state index in [4.69, 9.17) is 0 Å². The predicted molar refractivity (Wildman–Crippen MR) is 194 cm³/mol. The van der Waals surface area contributed by atoms with Gasteiger partial charge in [-0.2, -0.15) is 0 Å². The topological polar surface area (TPSA) is 0 Å². The van der Waals surface area contributed by atoms with Crippen LogP contribution in [-0.2, 0) is 10.8 Å². The van der Waals surface area contributed by atoms with E-state index >= 15 is 0 Å². The molecular weight excluding hydrogens is 553 g/mol. The second kappa shape index (κ2) is 8.74. The van der Waals surface area contributed by atoms with Gasteiger partial charge in [-0.05, 0) is 201 Å². The summed E-state index contributed by atoms with van der Waals surface area (Å²) >= 11 is 0. The summed E-state index contributed by atoms with van der Waals surface area (Å²) in [4.78, 5) is 0. The molecule has 0 saturated heterocycles. The molecule has 6 aromatic carbocycles. The number of rotatable bonds is 2. The molecule has 0 radical (unpaired) electrons. The molecule has 0 atom stereocenters. The van der Waals surface area contributed by atoms with Gasteiger partial charge >= 0.3 is 0 Å². The molecule has 0 unspecified atom stereocenters. The lowest BCUT2D eigenvalue weighted by molar-refractivity contribution is -0.00525. The van der Waals surface area contributed by atoms with Crippen LogP contribution in [0.25, 0.3) is 53.9 Å². The minimum atomic E-state index is 0.402. The molecule has 8 saturated carbocycles. The first kappa shape index (κ1) is 25.7. The van der Waals surface area contributed by atoms with Crippen molar-refractivity contribution in [3.05, 3.63) is 96.1 Å². The molecule has 0 spiro atoms. The lowest BCUT2D eigenvalue weighted by atomic mass is 9.48. The number of benzene rings is 6. The third-order valence-corrected chi connectivity index (χ3v) is 15.1. The van der Waals surface area contributed by atoms with Gasteiger partial charge < -0.3 is 0 Å². The molecule has 0 nitrogen and oxygen atoms in total. The highest BCUT2D eigenvalue weighted by Crippen LogP contribution is 2.63. The van der Waals surface area contributed by atoms with Crippen molar-refractivity contribution in [3.8, 4) is 0 Å². The molecule has 8 fully saturated rings. The zero-order valence-corrected chi connectivity index (χ0v) is 27.0. The maximum Gasteiger partial charge on any atom is -0.00138 e. The van der Waals surface area contributed by atoms with Crippen molar-refractivity contribution in [1.82, 2.24) is 0 Å². The molecule has 0 heteroatoms. The summed E-state index contributed by atoms with van der Waals surface area (Å²) in [6, 6.07) is 34.4. The molecule has 0 amide bonds. The van der Waals surface area contributed by atoms with E-state index in [9.17, 15) is 0 Å². The zero-order chi connectivity index (χ0) is 29.8. The third-order valence-electron chi connectivity index (χ3n) is 15.1. The van der Waals surface area contributed by atoms with E-state index in [1.54, 1.807) is 11.1 Å². The van der Waals surface area contributed by atoms with Gasteiger partial charge in [0, 0.05) is 0 Å². The van der Waals surface area contributed by atoms with Crippen LogP contribution in [0.15, 0.2) is 84.9 Å². The maximum absolute atomic E-state index is 2.72. The van der Waals surface area contributed by atoms with Crippen LogP contribution in [0.3, 0.4) is 0 Å². The first-order valence-electron chi connectivity index (χ1n) is 18.9. The molecule has 8 bridgehead atoms. The zero-order valence-electron chi connectivity index (χ0n) is 27.0. The van der Waals surface area contributed by atoms with Crippen molar-refractivity contribution < 1.29 is 0 Å². The molecule has 0 aromatic heterocycles. The van der Waals surface area contributed by atoms with Crippen molar-refractivity contribution in [1.29, 1.82) is 0 Å². The second-order valence-corrected chi connectivity index (χ2v) is 17.8. The highest BCUT2D eigenvalue weighted by atomic mass is 14.6. The van der Waals surface area contributed by atoms with Crippen LogP contribution in [0, 0.1) is 35.5 Å². The number of hydrogen-bond donors (Lipinski definition) is 0. The summed E-state index contributed by atoms with van der Waals surface area (Å²) in [5, 5.41) is 14.6. The standard InChI is InChI=1S/C46H44/c1-3-7-39-35(5-1)36-6-2-4-8-40(36)44-42-20-34(46-24-30-16-31(25-46)18-32(17-30)26-46)10-12-38(42)37-11-9-33(19-41(37)43(39)44)45-21-27-13-28(22-45)15-29(14-27)23-45/h1-12,19-20,27-32H,13-18,21-26H2. The average molecular weight is 597 g/mol. The van der Waals surface area contributed by atoms with Gasteiger partial charge in [0.1, 0.15) is 0 Å². The minimum absolute atomic E-state index is 0.402. The summed E-state index contributed by atoms with van der Waals surface area (Å²) in [6.07, 6.45) is 17.6. The van der Waals surface area contributed by atoms with Crippen LogP contribution in [0.2, 0.25) is 0 Å². The van der Waals surface area contributed by atoms with E-state index in [0.29, 0.717) is 10.8 Å². The summed E-state index contributed by atoms with van der Waals surface area (Å²) in [7, 11) is 0. The summed E-state index contributed by atoms with van der Waals surface area (Å²) in [5.41, 5.74) is 4.11. The maximum atomic E-state index is 2.72. The molecule has 14 rings (SSSR count). The highest BCUT2D eigenvalue weighted by Gasteiger charge is 2.53. The average Bonchev–Trinajstić information content (AvgIpc) is 3.06. The first-order valence-corrected chi connectivity index (χ1v) is 18.9. The quantitative estimate of drug-likeness (QED) is 0.174. The first-order chi connectivity index (χ1) is 22.6. The van der Waals surface area contributed by atoms with Gasteiger partial charge in [-0.3, -0.25) is 0 Å². The Morgan fingerprint density at radius 1 is 0.326 bits per heavy atom. The van der Waals surface area contributed by atoms with Crippen LogP contribution in [0.5, 0.6) is 0 Å². The lowest BCUT2D eigenvalue weighted by Gasteiger charge is -2.57. The molecule has 0 N–H and O–H groups in total. The summed E-state index contributed by atoms with van der Waals surface area (Å²) < 4.78 is 0. The van der Waals surface area contributed by atoms with E-state index in [1.807, 2.05) is 0 Å². The van der Waals surface area contributed by atoms with Crippen LogP contribution < -0.4 is 0 Å². The van der Waals surface area contributed by atoms with Gasteiger partial charge in [-0.1, -0.05) is 72.8 Å². The van der Waals surface area contributed by atoms with Gasteiger partial charge in [-0.25, -0.2) is 0 Å². The van der Waals surface area contributed by atoms with Crippen molar-refractivity contribution in [2.75, 3.05) is 0 Å². The van der Waals surface area contributed by atoms with Gasteiger partial charge in [-0.15, -0.1) is 0 Å². The molecule has 228 valence electrons. The molecule has 46 heavy (non-hydrogen) atoms. The second-order valence-electron chi connectivity index (χ2n) is 17.8. The van der Waals surface area contributed by atoms with Gasteiger partial charge in [0.2, 0.25) is 0 Å². The monoisotopic (exact) mass is 596 g/mol. The highest BCUT2D eigenvalue weighted by molar-refractivity contribution is 6.39. The Bertz CT molecular complexity index is 2050. The van der Waals surface area contributed by atoms with Gasteiger partial charge in [0.25, 0.3) is 0 Å². The lowest BCUT2D eigenvalue weighted by Crippen LogP contribution is -2.48. The fourth-order valence-corrected chi connectivity index (χ4v) is 14.3. The van der Waals surface area contributed by atoms with Crippen LogP contribution in [-0.4, -0.2) is 0 Å². The van der Waals surface area contributed by atoms with E-state index < -0.39 is 0 Å². The smallest absolute Gasteiger partial charge is 0.00138 e. The Hall–Kier alpha value is -3.38. The molecule has 0 heterocycles. The third kappa shape index (κ3) is 3.32. The van der Waals surface area contributed by atoms with Crippen LogP contribution in [0.1, 0.15) is 88.2 Å². The van der Waals surface area contributed by atoms with Crippen molar-refractivity contribution >= 4 is 53.9 Å². The molecule has 0 aliphatic heterocycles. The molecule has 8 aliphatic carbocycles. The molecule has 8 aliphatic rings. The molecule has 6 aromatic rings. The van der Waals surface area contributed by atoms with Crippen LogP contribution >= 0.6 is 0 Å². The fourth-order valence-electron chi connectivity index (χ4n) is 14.3. The number of hydrogen-bond acceptors (Lipinski definition) is 0.